The highest BCUT2D eigenvalue weighted by Gasteiger charge is 2.20. The fraction of sp³-hybridized carbons (Fsp3) is 0.700. The molecule has 15 heteroatoms. The third-order valence-electron chi connectivity index (χ3n) is 3.66. The van der Waals surface area contributed by atoms with Crippen molar-refractivity contribution in [2.24, 2.45) is 0 Å². The standard InChI is InChI=1S/C15H30N6O6.C5H8O3/c1-22-7-19(8-23-2)13-16-14(20(9-24-3)10-25-4)18-15(17-13)21(11-26-5)12-27-6;1-2-5(7)8-4-3-6/h7-12H2,1-6H3;2,6H,1,3-4H2. The van der Waals surface area contributed by atoms with E-state index < -0.39 is 5.97 Å². The summed E-state index contributed by atoms with van der Waals surface area (Å²) in [5.74, 6) is 0.605. The van der Waals surface area contributed by atoms with Gasteiger partial charge in [0, 0.05) is 48.7 Å². The van der Waals surface area contributed by atoms with Gasteiger partial charge in [-0.1, -0.05) is 6.58 Å². The maximum absolute atomic E-state index is 10.1. The van der Waals surface area contributed by atoms with E-state index in [1.54, 1.807) is 57.4 Å². The lowest BCUT2D eigenvalue weighted by molar-refractivity contribution is -0.138. The molecule has 0 saturated carbocycles. The third-order valence-corrected chi connectivity index (χ3v) is 3.66. The summed E-state index contributed by atoms with van der Waals surface area (Å²) in [5, 5.41) is 8.10. The Labute approximate surface area is 206 Å². The summed E-state index contributed by atoms with van der Waals surface area (Å²) >= 11 is 0. The van der Waals surface area contributed by atoms with Gasteiger partial charge in [0.05, 0.1) is 6.61 Å². The molecule has 0 aliphatic carbocycles. The van der Waals surface area contributed by atoms with Gasteiger partial charge in [-0.05, 0) is 0 Å². The Morgan fingerprint density at radius 3 is 1.20 bits per heavy atom. The molecule has 0 radical (unpaired) electrons. The Morgan fingerprint density at radius 1 is 0.714 bits per heavy atom. The van der Waals surface area contributed by atoms with Crippen molar-refractivity contribution < 1.29 is 43.1 Å². The molecule has 0 fully saturated rings. The topological polar surface area (TPSA) is 150 Å². The van der Waals surface area contributed by atoms with Gasteiger partial charge in [-0.3, -0.25) is 14.7 Å². The molecule has 1 heterocycles. The average molecular weight is 507 g/mol. The van der Waals surface area contributed by atoms with E-state index in [-0.39, 0.29) is 53.6 Å². The average Bonchev–Trinajstić information content (AvgIpc) is 2.87. The highest BCUT2D eigenvalue weighted by atomic mass is 16.5. The number of anilines is 3. The number of aromatic nitrogens is 3. The molecule has 0 aliphatic heterocycles. The number of hydrogen-bond acceptors (Lipinski definition) is 15. The van der Waals surface area contributed by atoms with Gasteiger partial charge in [-0.15, -0.1) is 0 Å². The van der Waals surface area contributed by atoms with Crippen LogP contribution in [0.2, 0.25) is 0 Å². The molecule has 35 heavy (non-hydrogen) atoms. The van der Waals surface area contributed by atoms with Gasteiger partial charge in [0.2, 0.25) is 17.8 Å². The van der Waals surface area contributed by atoms with E-state index in [0.717, 1.165) is 6.08 Å². The minimum absolute atomic E-state index is 0.0465. The molecule has 15 nitrogen and oxygen atoms in total. The van der Waals surface area contributed by atoms with Crippen molar-refractivity contribution in [3.05, 3.63) is 12.7 Å². The highest BCUT2D eigenvalue weighted by molar-refractivity contribution is 5.81. The number of aliphatic hydroxyl groups is 1. The highest BCUT2D eigenvalue weighted by Crippen LogP contribution is 2.19. The van der Waals surface area contributed by atoms with Gasteiger partial charge in [0.25, 0.3) is 0 Å². The van der Waals surface area contributed by atoms with E-state index in [0.29, 0.717) is 17.8 Å². The van der Waals surface area contributed by atoms with Crippen LogP contribution in [0.5, 0.6) is 0 Å². The lowest BCUT2D eigenvalue weighted by Crippen LogP contribution is -2.36. The SMILES string of the molecule is C=CC(=O)OCCO.COCN(COC)c1nc(N(COC)COC)nc(N(COC)COC)n1. The van der Waals surface area contributed by atoms with Gasteiger partial charge in [0.1, 0.15) is 47.0 Å². The number of carbonyl (C=O) groups excluding carboxylic acids is 1. The predicted octanol–water partition coefficient (Wildman–Crippen LogP) is -0.378. The van der Waals surface area contributed by atoms with E-state index in [9.17, 15) is 4.79 Å². The number of methoxy groups -OCH3 is 6. The molecular weight excluding hydrogens is 468 g/mol. The summed E-state index contributed by atoms with van der Waals surface area (Å²) in [5.41, 5.74) is 0. The Morgan fingerprint density at radius 2 is 1.00 bits per heavy atom. The monoisotopic (exact) mass is 506 g/mol. The first kappa shape index (κ1) is 32.3. The minimum atomic E-state index is -0.501. The number of hydrogen-bond donors (Lipinski definition) is 1. The van der Waals surface area contributed by atoms with Crippen molar-refractivity contribution in [1.82, 2.24) is 15.0 Å². The summed E-state index contributed by atoms with van der Waals surface area (Å²) in [4.78, 5) is 28.8. The molecule has 0 unspecified atom stereocenters. The molecule has 1 rings (SSSR count). The summed E-state index contributed by atoms with van der Waals surface area (Å²) in [7, 11) is 9.48. The lowest BCUT2D eigenvalue weighted by Gasteiger charge is -2.27. The summed E-state index contributed by atoms with van der Waals surface area (Å²) in [6.45, 7) is 4.48. The Bertz CT molecular complexity index is 599. The summed E-state index contributed by atoms with van der Waals surface area (Å²) in [6, 6.07) is 0. The van der Waals surface area contributed by atoms with E-state index in [4.69, 9.17) is 33.5 Å². The third kappa shape index (κ3) is 13.1. The number of carbonyl (C=O) groups is 1. The molecule has 0 amide bonds. The quantitative estimate of drug-likeness (QED) is 0.156. The van der Waals surface area contributed by atoms with Gasteiger partial charge in [0.15, 0.2) is 0 Å². The molecule has 0 saturated heterocycles. The number of aliphatic hydroxyl groups excluding tert-OH is 1. The molecular formula is C20H38N6O9. The van der Waals surface area contributed by atoms with Crippen LogP contribution in [0, 0.1) is 0 Å². The van der Waals surface area contributed by atoms with Crippen LogP contribution in [-0.4, -0.2) is 122 Å². The lowest BCUT2D eigenvalue weighted by atomic mass is 10.6. The van der Waals surface area contributed by atoms with Crippen LogP contribution in [0.1, 0.15) is 0 Å². The molecule has 0 aromatic carbocycles. The Balaban J connectivity index is 0.00000124. The van der Waals surface area contributed by atoms with Gasteiger partial charge >= 0.3 is 5.97 Å². The second-order valence-electron chi connectivity index (χ2n) is 6.46. The maximum Gasteiger partial charge on any atom is 0.330 e. The van der Waals surface area contributed by atoms with Crippen LogP contribution < -0.4 is 14.7 Å². The molecule has 0 bridgehead atoms. The largest absolute Gasteiger partial charge is 0.460 e. The number of nitrogens with zero attached hydrogens (tertiary/aromatic N) is 6. The first-order valence-electron chi connectivity index (χ1n) is 10.3. The first-order chi connectivity index (χ1) is 16.9. The van der Waals surface area contributed by atoms with Crippen LogP contribution in [-0.2, 0) is 38.0 Å². The normalized spacial score (nSPS) is 10.3. The molecule has 0 spiro atoms. The molecule has 0 aliphatic rings. The fourth-order valence-electron chi connectivity index (χ4n) is 2.37. The van der Waals surface area contributed by atoms with Crippen LogP contribution in [0.4, 0.5) is 17.8 Å². The van der Waals surface area contributed by atoms with E-state index in [2.05, 4.69) is 26.3 Å². The zero-order chi connectivity index (χ0) is 26.5. The van der Waals surface area contributed by atoms with Crippen molar-refractivity contribution in [2.45, 2.75) is 0 Å². The molecule has 1 aromatic heterocycles. The smallest absolute Gasteiger partial charge is 0.330 e. The molecule has 1 aromatic rings. The van der Waals surface area contributed by atoms with Crippen molar-refractivity contribution in [1.29, 1.82) is 0 Å². The summed E-state index contributed by atoms with van der Waals surface area (Å²) < 4.78 is 35.7. The Kier molecular flexibility index (Phi) is 19.1. The number of ether oxygens (including phenoxy) is 7. The van der Waals surface area contributed by atoms with E-state index >= 15 is 0 Å². The predicted molar refractivity (Wildman–Crippen MR) is 127 cm³/mol. The maximum atomic E-state index is 10.1. The molecule has 202 valence electrons. The van der Waals surface area contributed by atoms with Crippen molar-refractivity contribution in [2.75, 3.05) is 111 Å². The second-order valence-corrected chi connectivity index (χ2v) is 6.46. The van der Waals surface area contributed by atoms with Crippen molar-refractivity contribution in [3.63, 3.8) is 0 Å². The van der Waals surface area contributed by atoms with Gasteiger partial charge < -0.3 is 38.3 Å². The first-order valence-corrected chi connectivity index (χ1v) is 10.3. The molecule has 1 N–H and O–H groups in total. The zero-order valence-electron chi connectivity index (χ0n) is 21.3. The van der Waals surface area contributed by atoms with Crippen LogP contribution in [0.25, 0.3) is 0 Å². The fourth-order valence-corrected chi connectivity index (χ4v) is 2.37. The van der Waals surface area contributed by atoms with Crippen molar-refractivity contribution >= 4 is 23.8 Å². The summed E-state index contributed by atoms with van der Waals surface area (Å²) in [6.07, 6.45) is 1.05. The van der Waals surface area contributed by atoms with Gasteiger partial charge in [-0.25, -0.2) is 4.79 Å². The molecule has 0 atom stereocenters. The van der Waals surface area contributed by atoms with E-state index in [1.165, 1.54) is 0 Å². The van der Waals surface area contributed by atoms with Crippen LogP contribution in [0.3, 0.4) is 0 Å². The number of esters is 1. The Hall–Kier alpha value is -2.66. The van der Waals surface area contributed by atoms with Crippen molar-refractivity contribution in [3.8, 4) is 0 Å². The van der Waals surface area contributed by atoms with E-state index in [1.807, 2.05) is 0 Å². The minimum Gasteiger partial charge on any atom is -0.460 e. The van der Waals surface area contributed by atoms with Crippen LogP contribution in [0.15, 0.2) is 12.7 Å². The zero-order valence-corrected chi connectivity index (χ0v) is 21.3. The number of rotatable bonds is 18. The second kappa shape index (κ2) is 20.7. The van der Waals surface area contributed by atoms with Crippen LogP contribution >= 0.6 is 0 Å². The van der Waals surface area contributed by atoms with Gasteiger partial charge in [-0.2, -0.15) is 15.0 Å².